The number of rotatable bonds is 6. The van der Waals surface area contributed by atoms with Gasteiger partial charge in [-0.05, 0) is 49.4 Å². The van der Waals surface area contributed by atoms with Gasteiger partial charge in [0.2, 0.25) is 0 Å². The minimum atomic E-state index is -0.549. The quantitative estimate of drug-likeness (QED) is 0.844. The van der Waals surface area contributed by atoms with Gasteiger partial charge in [0.15, 0.2) is 0 Å². The van der Waals surface area contributed by atoms with Crippen molar-refractivity contribution in [3.05, 3.63) is 29.6 Å². The molecule has 21 heavy (non-hydrogen) atoms. The molecule has 0 amide bonds. The fraction of sp³-hybridized carbons (Fsp3) is 0.647. The Morgan fingerprint density at radius 2 is 2.24 bits per heavy atom. The zero-order valence-corrected chi connectivity index (χ0v) is 12.9. The Morgan fingerprint density at radius 3 is 2.95 bits per heavy atom. The van der Waals surface area contributed by atoms with E-state index in [1.807, 2.05) is 0 Å². The molecule has 3 unspecified atom stereocenters. The van der Waals surface area contributed by atoms with Crippen molar-refractivity contribution in [3.8, 4) is 0 Å². The summed E-state index contributed by atoms with van der Waals surface area (Å²) >= 11 is 0. The first-order valence-corrected chi connectivity index (χ1v) is 7.84. The molecule has 2 rings (SSSR count). The van der Waals surface area contributed by atoms with Gasteiger partial charge < -0.3 is 15.2 Å². The summed E-state index contributed by atoms with van der Waals surface area (Å²) in [6, 6.07) is 4.86. The Bertz CT molecular complexity index is 452. The molecule has 1 aliphatic carbocycles. The molecule has 0 radical (unpaired) electrons. The molecule has 1 aromatic rings. The van der Waals surface area contributed by atoms with E-state index >= 15 is 0 Å². The van der Waals surface area contributed by atoms with Crippen LogP contribution in [0.3, 0.4) is 0 Å². The maximum Gasteiger partial charge on any atom is 0.126 e. The summed E-state index contributed by atoms with van der Waals surface area (Å²) < 4.78 is 19.0. The van der Waals surface area contributed by atoms with Gasteiger partial charge >= 0.3 is 0 Å². The minimum absolute atomic E-state index is 0.212. The fourth-order valence-corrected chi connectivity index (χ4v) is 2.83. The van der Waals surface area contributed by atoms with Crippen molar-refractivity contribution in [2.45, 2.75) is 51.7 Å². The maximum absolute atomic E-state index is 13.2. The smallest absolute Gasteiger partial charge is 0.126 e. The molecule has 1 aromatic carbocycles. The standard InChI is InChI=1S/C17H26FNO2/c1-12-4-3-5-16(8-12)21-11-15(20)10-19-14-6-7-17(18)13(2)9-14/h6-7,9,12,15-16,19-20H,3-5,8,10-11H2,1-2H3. The summed E-state index contributed by atoms with van der Waals surface area (Å²) in [5.74, 6) is 0.511. The highest BCUT2D eigenvalue weighted by Crippen LogP contribution is 2.25. The number of aliphatic hydroxyl groups is 1. The predicted molar refractivity (Wildman–Crippen MR) is 83.0 cm³/mol. The fourth-order valence-electron chi connectivity index (χ4n) is 2.83. The largest absolute Gasteiger partial charge is 0.389 e. The normalized spacial score (nSPS) is 23.8. The third kappa shape index (κ3) is 5.29. The Balaban J connectivity index is 1.69. The second-order valence-corrected chi connectivity index (χ2v) is 6.23. The topological polar surface area (TPSA) is 41.5 Å². The number of hydrogen-bond acceptors (Lipinski definition) is 3. The van der Waals surface area contributed by atoms with Crippen molar-refractivity contribution in [1.29, 1.82) is 0 Å². The number of halogens is 1. The molecule has 4 heteroatoms. The molecule has 118 valence electrons. The summed E-state index contributed by atoms with van der Waals surface area (Å²) in [6.45, 7) is 4.74. The van der Waals surface area contributed by atoms with Crippen LogP contribution in [0, 0.1) is 18.7 Å². The van der Waals surface area contributed by atoms with Gasteiger partial charge in [-0.3, -0.25) is 0 Å². The molecule has 0 bridgehead atoms. The molecule has 1 saturated carbocycles. The highest BCUT2D eigenvalue weighted by molar-refractivity contribution is 5.45. The maximum atomic E-state index is 13.2. The third-order valence-corrected chi connectivity index (χ3v) is 4.11. The summed E-state index contributed by atoms with van der Waals surface area (Å²) in [6.07, 6.45) is 4.44. The van der Waals surface area contributed by atoms with Crippen molar-refractivity contribution < 1.29 is 14.2 Å². The van der Waals surface area contributed by atoms with Crippen LogP contribution in [-0.4, -0.2) is 30.5 Å². The average Bonchev–Trinajstić information content (AvgIpc) is 2.46. The zero-order valence-electron chi connectivity index (χ0n) is 12.9. The molecular formula is C17H26FNO2. The number of anilines is 1. The van der Waals surface area contributed by atoms with Gasteiger partial charge in [-0.15, -0.1) is 0 Å². The first-order valence-electron chi connectivity index (χ1n) is 7.84. The SMILES string of the molecule is Cc1cc(NCC(O)COC2CCCC(C)C2)ccc1F. The molecule has 0 saturated heterocycles. The first kappa shape index (κ1) is 16.2. The Morgan fingerprint density at radius 1 is 1.43 bits per heavy atom. The van der Waals surface area contributed by atoms with E-state index in [1.165, 1.54) is 18.9 Å². The first-order chi connectivity index (χ1) is 10.0. The van der Waals surface area contributed by atoms with Crippen LogP contribution in [-0.2, 0) is 4.74 Å². The van der Waals surface area contributed by atoms with Crippen LogP contribution in [0.4, 0.5) is 10.1 Å². The second kappa shape index (κ2) is 7.76. The van der Waals surface area contributed by atoms with E-state index < -0.39 is 6.10 Å². The van der Waals surface area contributed by atoms with E-state index in [4.69, 9.17) is 4.74 Å². The zero-order chi connectivity index (χ0) is 15.2. The van der Waals surface area contributed by atoms with Gasteiger partial charge in [0, 0.05) is 12.2 Å². The number of hydrogen-bond donors (Lipinski definition) is 2. The van der Waals surface area contributed by atoms with Crippen molar-refractivity contribution in [2.75, 3.05) is 18.5 Å². The average molecular weight is 295 g/mol. The minimum Gasteiger partial charge on any atom is -0.389 e. The summed E-state index contributed by atoms with van der Waals surface area (Å²) in [5, 5.41) is 13.1. The highest BCUT2D eigenvalue weighted by Gasteiger charge is 2.20. The monoisotopic (exact) mass is 295 g/mol. The molecule has 0 spiro atoms. The van der Waals surface area contributed by atoms with Crippen molar-refractivity contribution >= 4 is 5.69 Å². The van der Waals surface area contributed by atoms with Crippen molar-refractivity contribution in [2.24, 2.45) is 5.92 Å². The van der Waals surface area contributed by atoms with Crippen molar-refractivity contribution in [3.63, 3.8) is 0 Å². The van der Waals surface area contributed by atoms with Gasteiger partial charge in [-0.2, -0.15) is 0 Å². The van der Waals surface area contributed by atoms with Gasteiger partial charge in [-0.25, -0.2) is 4.39 Å². The van der Waals surface area contributed by atoms with Crippen LogP contribution in [0.25, 0.3) is 0 Å². The van der Waals surface area contributed by atoms with E-state index in [2.05, 4.69) is 12.2 Å². The number of benzene rings is 1. The lowest BCUT2D eigenvalue weighted by atomic mass is 9.89. The Kier molecular flexibility index (Phi) is 6.00. The molecule has 0 aliphatic heterocycles. The second-order valence-electron chi connectivity index (χ2n) is 6.23. The number of aliphatic hydroxyl groups excluding tert-OH is 1. The van der Waals surface area contributed by atoms with Crippen LogP contribution < -0.4 is 5.32 Å². The van der Waals surface area contributed by atoms with Crippen LogP contribution in [0.5, 0.6) is 0 Å². The predicted octanol–water partition coefficient (Wildman–Crippen LogP) is 3.50. The third-order valence-electron chi connectivity index (χ3n) is 4.11. The number of nitrogens with one attached hydrogen (secondary N) is 1. The molecular weight excluding hydrogens is 269 g/mol. The number of ether oxygens (including phenoxy) is 1. The van der Waals surface area contributed by atoms with Crippen LogP contribution in [0.15, 0.2) is 18.2 Å². The Labute approximate surface area is 126 Å². The molecule has 1 aliphatic rings. The van der Waals surface area contributed by atoms with E-state index in [0.717, 1.165) is 24.4 Å². The van der Waals surface area contributed by atoms with Crippen molar-refractivity contribution in [1.82, 2.24) is 0 Å². The van der Waals surface area contributed by atoms with Gasteiger partial charge in [-0.1, -0.05) is 19.8 Å². The van der Waals surface area contributed by atoms with Gasteiger partial charge in [0.05, 0.1) is 18.8 Å². The van der Waals surface area contributed by atoms with Gasteiger partial charge in [0.1, 0.15) is 5.82 Å². The lowest BCUT2D eigenvalue weighted by Crippen LogP contribution is -2.30. The molecule has 2 N–H and O–H groups in total. The summed E-state index contributed by atoms with van der Waals surface area (Å²) in [4.78, 5) is 0. The van der Waals surface area contributed by atoms with Gasteiger partial charge in [0.25, 0.3) is 0 Å². The molecule has 1 fully saturated rings. The van der Waals surface area contributed by atoms with E-state index in [-0.39, 0.29) is 11.9 Å². The summed E-state index contributed by atoms with van der Waals surface area (Å²) in [7, 11) is 0. The molecule has 3 atom stereocenters. The lowest BCUT2D eigenvalue weighted by Gasteiger charge is -2.27. The molecule has 0 aromatic heterocycles. The van der Waals surface area contributed by atoms with Crippen LogP contribution in [0.1, 0.15) is 38.2 Å². The van der Waals surface area contributed by atoms with Crippen LogP contribution in [0.2, 0.25) is 0 Å². The highest BCUT2D eigenvalue weighted by atomic mass is 19.1. The molecule has 0 heterocycles. The van der Waals surface area contributed by atoms with E-state index in [0.29, 0.717) is 18.7 Å². The number of aryl methyl sites for hydroxylation is 1. The van der Waals surface area contributed by atoms with E-state index in [1.54, 1.807) is 19.1 Å². The summed E-state index contributed by atoms with van der Waals surface area (Å²) in [5.41, 5.74) is 1.42. The molecule has 3 nitrogen and oxygen atoms in total. The lowest BCUT2D eigenvalue weighted by molar-refractivity contribution is -0.0274. The van der Waals surface area contributed by atoms with E-state index in [9.17, 15) is 9.50 Å². The van der Waals surface area contributed by atoms with Crippen LogP contribution >= 0.6 is 0 Å². The Hall–Kier alpha value is -1.13.